The Balaban J connectivity index is 1.36. The van der Waals surface area contributed by atoms with Crippen LogP contribution in [-0.4, -0.2) is 20.6 Å². The van der Waals surface area contributed by atoms with Crippen LogP contribution in [0, 0.1) is 24.0 Å². The monoisotopic (exact) mass is 456 g/mol. The highest BCUT2D eigenvalue weighted by Gasteiger charge is 2.12. The molecule has 1 N–H and O–H groups in total. The second kappa shape index (κ2) is 9.99. The number of anilines is 1. The van der Waals surface area contributed by atoms with Gasteiger partial charge < -0.3 is 10.1 Å². The molecule has 0 aliphatic heterocycles. The van der Waals surface area contributed by atoms with Crippen molar-refractivity contribution < 1.29 is 14.5 Å². The van der Waals surface area contributed by atoms with E-state index in [2.05, 4.69) is 34.7 Å². The quantitative estimate of drug-likeness (QED) is 0.287. The van der Waals surface area contributed by atoms with Gasteiger partial charge in [-0.05, 0) is 49.2 Å². The first kappa shape index (κ1) is 22.7. The van der Waals surface area contributed by atoms with E-state index in [0.717, 1.165) is 11.1 Å². The zero-order chi connectivity index (χ0) is 24.1. The zero-order valence-electron chi connectivity index (χ0n) is 18.9. The fraction of sp³-hybridized carbons (Fsp3) is 0.154. The summed E-state index contributed by atoms with van der Waals surface area (Å²) in [4.78, 5) is 23.3. The number of nitro groups is 1. The average molecular weight is 457 g/mol. The molecule has 0 unspecified atom stereocenters. The first-order valence-corrected chi connectivity index (χ1v) is 10.7. The summed E-state index contributed by atoms with van der Waals surface area (Å²) in [7, 11) is 0. The van der Waals surface area contributed by atoms with Crippen molar-refractivity contribution in [2.75, 3.05) is 5.32 Å². The standard InChI is InChI=1S/C26H24N4O4/c1-18-6-8-20(9-7-18)16-29-13-12-25(28-29)27-26(31)22-5-3-4-21(15-22)17-34-23-10-11-24(30(32)33)19(2)14-23/h3-15H,16-17H2,1-2H3,(H,27,28,31). The number of nitro benzene ring substituents is 1. The topological polar surface area (TPSA) is 99.3 Å². The number of carbonyl (C=O) groups is 1. The molecule has 0 atom stereocenters. The Labute approximate surface area is 197 Å². The summed E-state index contributed by atoms with van der Waals surface area (Å²) >= 11 is 0. The highest BCUT2D eigenvalue weighted by Crippen LogP contribution is 2.24. The molecule has 1 aromatic heterocycles. The molecule has 0 radical (unpaired) electrons. The van der Waals surface area contributed by atoms with Gasteiger partial charge in [-0.15, -0.1) is 0 Å². The number of amides is 1. The summed E-state index contributed by atoms with van der Waals surface area (Å²) in [6.45, 7) is 4.55. The van der Waals surface area contributed by atoms with Crippen LogP contribution < -0.4 is 10.1 Å². The van der Waals surface area contributed by atoms with E-state index in [9.17, 15) is 14.9 Å². The lowest BCUT2D eigenvalue weighted by Crippen LogP contribution is -2.13. The van der Waals surface area contributed by atoms with Gasteiger partial charge in [0.25, 0.3) is 11.6 Å². The smallest absolute Gasteiger partial charge is 0.272 e. The van der Waals surface area contributed by atoms with E-state index < -0.39 is 4.92 Å². The number of aryl methyl sites for hydroxylation is 2. The van der Waals surface area contributed by atoms with Crippen LogP contribution in [0.3, 0.4) is 0 Å². The lowest BCUT2D eigenvalue weighted by Gasteiger charge is -2.09. The lowest BCUT2D eigenvalue weighted by molar-refractivity contribution is -0.385. The van der Waals surface area contributed by atoms with Crippen LogP contribution in [-0.2, 0) is 13.2 Å². The van der Waals surface area contributed by atoms with Crippen LogP contribution in [0.15, 0.2) is 79.0 Å². The molecule has 3 aromatic carbocycles. The van der Waals surface area contributed by atoms with Crippen molar-refractivity contribution in [2.24, 2.45) is 0 Å². The van der Waals surface area contributed by atoms with Crippen molar-refractivity contribution in [3.63, 3.8) is 0 Å². The predicted octanol–water partition coefficient (Wildman–Crippen LogP) is 5.29. The molecule has 0 bridgehead atoms. The maximum absolute atomic E-state index is 12.7. The third-order valence-electron chi connectivity index (χ3n) is 5.31. The maximum atomic E-state index is 12.7. The van der Waals surface area contributed by atoms with E-state index in [1.54, 1.807) is 48.0 Å². The second-order valence-corrected chi connectivity index (χ2v) is 8.03. The van der Waals surface area contributed by atoms with Gasteiger partial charge in [-0.25, -0.2) is 0 Å². The van der Waals surface area contributed by atoms with Crippen LogP contribution in [0.4, 0.5) is 11.5 Å². The number of hydrogen-bond donors (Lipinski definition) is 1. The molecular formula is C26H24N4O4. The number of hydrogen-bond acceptors (Lipinski definition) is 5. The van der Waals surface area contributed by atoms with Gasteiger partial charge >= 0.3 is 0 Å². The number of ether oxygens (including phenoxy) is 1. The van der Waals surface area contributed by atoms with Crippen molar-refractivity contribution in [2.45, 2.75) is 27.0 Å². The summed E-state index contributed by atoms with van der Waals surface area (Å²) < 4.78 is 7.53. The highest BCUT2D eigenvalue weighted by atomic mass is 16.6. The molecule has 172 valence electrons. The van der Waals surface area contributed by atoms with Crippen molar-refractivity contribution >= 4 is 17.4 Å². The van der Waals surface area contributed by atoms with Crippen molar-refractivity contribution in [3.05, 3.63) is 117 Å². The van der Waals surface area contributed by atoms with E-state index in [-0.39, 0.29) is 18.2 Å². The molecule has 4 aromatic rings. The molecular weight excluding hydrogens is 432 g/mol. The Hall–Kier alpha value is -4.46. The van der Waals surface area contributed by atoms with E-state index in [4.69, 9.17) is 4.74 Å². The number of benzene rings is 3. The first-order chi connectivity index (χ1) is 16.4. The van der Waals surface area contributed by atoms with Crippen LogP contribution >= 0.6 is 0 Å². The Morgan fingerprint density at radius 2 is 1.82 bits per heavy atom. The third kappa shape index (κ3) is 5.66. The van der Waals surface area contributed by atoms with Gasteiger partial charge in [-0.2, -0.15) is 5.10 Å². The van der Waals surface area contributed by atoms with Gasteiger partial charge in [0.1, 0.15) is 12.4 Å². The molecule has 0 saturated carbocycles. The molecule has 4 rings (SSSR count). The van der Waals surface area contributed by atoms with E-state index in [1.165, 1.54) is 11.6 Å². The molecule has 34 heavy (non-hydrogen) atoms. The van der Waals surface area contributed by atoms with Crippen molar-refractivity contribution in [3.8, 4) is 5.75 Å². The van der Waals surface area contributed by atoms with Gasteiger partial charge in [0.05, 0.1) is 11.5 Å². The van der Waals surface area contributed by atoms with Gasteiger partial charge in [-0.1, -0.05) is 42.0 Å². The fourth-order valence-electron chi connectivity index (χ4n) is 3.48. The summed E-state index contributed by atoms with van der Waals surface area (Å²) in [5.41, 5.74) is 4.18. The molecule has 0 aliphatic carbocycles. The van der Waals surface area contributed by atoms with Crippen LogP contribution in [0.2, 0.25) is 0 Å². The number of nitrogens with zero attached hydrogens (tertiary/aromatic N) is 3. The van der Waals surface area contributed by atoms with Gasteiger partial charge in [0.15, 0.2) is 5.82 Å². The maximum Gasteiger partial charge on any atom is 0.272 e. The minimum absolute atomic E-state index is 0.0485. The second-order valence-electron chi connectivity index (χ2n) is 8.03. The first-order valence-electron chi connectivity index (χ1n) is 10.7. The molecule has 8 nitrogen and oxygen atoms in total. The van der Waals surface area contributed by atoms with Gasteiger partial charge in [0, 0.05) is 29.5 Å². The molecule has 0 spiro atoms. The zero-order valence-corrected chi connectivity index (χ0v) is 18.9. The van der Waals surface area contributed by atoms with Crippen LogP contribution in [0.5, 0.6) is 5.75 Å². The minimum Gasteiger partial charge on any atom is -0.489 e. The molecule has 1 amide bonds. The summed E-state index contributed by atoms with van der Waals surface area (Å²) in [6.07, 6.45) is 1.83. The predicted molar refractivity (Wildman–Crippen MR) is 129 cm³/mol. The van der Waals surface area contributed by atoms with Crippen LogP contribution in [0.25, 0.3) is 0 Å². The van der Waals surface area contributed by atoms with Crippen LogP contribution in [0.1, 0.15) is 32.6 Å². The van der Waals surface area contributed by atoms with Crippen molar-refractivity contribution in [1.29, 1.82) is 0 Å². The number of aromatic nitrogens is 2. The lowest BCUT2D eigenvalue weighted by atomic mass is 10.1. The fourth-order valence-corrected chi connectivity index (χ4v) is 3.48. The number of carbonyl (C=O) groups excluding carboxylic acids is 1. The Bertz CT molecular complexity index is 1330. The Morgan fingerprint density at radius 3 is 2.56 bits per heavy atom. The molecule has 1 heterocycles. The Kier molecular flexibility index (Phi) is 6.68. The summed E-state index contributed by atoms with van der Waals surface area (Å²) in [6, 6.07) is 21.7. The van der Waals surface area contributed by atoms with Gasteiger partial charge in [0.2, 0.25) is 0 Å². The molecule has 0 saturated heterocycles. The number of nitrogens with one attached hydrogen (secondary N) is 1. The van der Waals surface area contributed by atoms with E-state index >= 15 is 0 Å². The van der Waals surface area contributed by atoms with Gasteiger partial charge in [-0.3, -0.25) is 19.6 Å². The molecule has 0 fully saturated rings. The van der Waals surface area contributed by atoms with Crippen molar-refractivity contribution in [1.82, 2.24) is 9.78 Å². The summed E-state index contributed by atoms with van der Waals surface area (Å²) in [5.74, 6) is 0.728. The molecule has 0 aliphatic rings. The Morgan fingerprint density at radius 1 is 1.03 bits per heavy atom. The summed E-state index contributed by atoms with van der Waals surface area (Å²) in [5, 5.41) is 18.2. The van der Waals surface area contributed by atoms with E-state index in [1.807, 2.05) is 19.2 Å². The largest absolute Gasteiger partial charge is 0.489 e. The average Bonchev–Trinajstić information content (AvgIpc) is 3.25. The minimum atomic E-state index is -0.424. The number of rotatable bonds is 8. The molecule has 8 heteroatoms. The third-order valence-corrected chi connectivity index (χ3v) is 5.31. The SMILES string of the molecule is Cc1ccc(Cn2ccc(NC(=O)c3cccc(COc4ccc([N+](=O)[O-])c(C)c4)c3)n2)cc1. The normalized spacial score (nSPS) is 10.6. The highest BCUT2D eigenvalue weighted by molar-refractivity contribution is 6.03. The van der Waals surface area contributed by atoms with E-state index in [0.29, 0.717) is 29.2 Å².